The Morgan fingerprint density at radius 3 is 2.60 bits per heavy atom. The number of likely N-dealkylation sites (tertiary alicyclic amines) is 1. The van der Waals surface area contributed by atoms with E-state index < -0.39 is 6.36 Å². The van der Waals surface area contributed by atoms with Gasteiger partial charge in [0, 0.05) is 44.0 Å². The van der Waals surface area contributed by atoms with Crippen LogP contribution in [0.1, 0.15) is 46.6 Å². The first kappa shape index (κ1) is 20.7. The summed E-state index contributed by atoms with van der Waals surface area (Å²) in [6.45, 7) is 2.11. The maximum Gasteiger partial charge on any atom is 0.573 e. The summed E-state index contributed by atoms with van der Waals surface area (Å²) < 4.78 is 42.6. The number of aromatic nitrogens is 2. The van der Waals surface area contributed by atoms with Crippen molar-refractivity contribution in [3.8, 4) is 5.75 Å². The van der Waals surface area contributed by atoms with Gasteiger partial charge in [-0.15, -0.1) is 13.2 Å². The van der Waals surface area contributed by atoms with E-state index in [9.17, 15) is 18.0 Å². The number of aryl methyl sites for hydroxylation is 1. The molecule has 1 aromatic carbocycles. The Balaban J connectivity index is 1.39. The van der Waals surface area contributed by atoms with Crippen LogP contribution in [0.5, 0.6) is 5.75 Å². The van der Waals surface area contributed by atoms with E-state index in [2.05, 4.69) is 15.2 Å². The van der Waals surface area contributed by atoms with Gasteiger partial charge in [-0.2, -0.15) is 5.10 Å². The third kappa shape index (κ3) is 4.61. The minimum Gasteiger partial charge on any atom is -0.406 e. The maximum absolute atomic E-state index is 12.9. The molecule has 1 saturated heterocycles. The number of hydrogen-bond acceptors (Lipinski definition) is 4. The van der Waals surface area contributed by atoms with Gasteiger partial charge in [-0.25, -0.2) is 0 Å². The number of amides is 1. The molecular weight excluding hydrogens is 397 g/mol. The van der Waals surface area contributed by atoms with Crippen molar-refractivity contribution in [3.05, 3.63) is 46.8 Å². The summed E-state index contributed by atoms with van der Waals surface area (Å²) in [5, 5.41) is 7.99. The standard InChI is InChI=1S/C21H25F3N4O2/c1-27-18-9-6-15(12-17(18)19(26-27)20(29)28-10-2-3-11-28)25-13-14-4-7-16(8-5-14)30-21(22,23)24/h4-5,7-8,15,25H,2-3,6,9-13H2,1H3. The van der Waals surface area contributed by atoms with Crippen molar-refractivity contribution in [1.29, 1.82) is 0 Å². The molecule has 0 bridgehead atoms. The van der Waals surface area contributed by atoms with Crippen molar-refractivity contribution in [1.82, 2.24) is 20.0 Å². The van der Waals surface area contributed by atoms with Crippen LogP contribution in [0.4, 0.5) is 13.2 Å². The van der Waals surface area contributed by atoms with E-state index in [0.717, 1.165) is 55.6 Å². The lowest BCUT2D eigenvalue weighted by Gasteiger charge is -2.25. The number of benzene rings is 1. The zero-order valence-electron chi connectivity index (χ0n) is 16.8. The number of alkyl halides is 3. The number of halogens is 3. The van der Waals surface area contributed by atoms with Crippen molar-refractivity contribution in [2.45, 2.75) is 51.1 Å². The van der Waals surface area contributed by atoms with E-state index in [-0.39, 0.29) is 17.7 Å². The van der Waals surface area contributed by atoms with Gasteiger partial charge >= 0.3 is 6.36 Å². The second-order valence-corrected chi connectivity index (χ2v) is 7.91. The first-order valence-corrected chi connectivity index (χ1v) is 10.2. The van der Waals surface area contributed by atoms with Gasteiger partial charge in [-0.3, -0.25) is 9.48 Å². The van der Waals surface area contributed by atoms with Gasteiger partial charge in [-0.05, 0) is 49.8 Å². The zero-order valence-corrected chi connectivity index (χ0v) is 16.8. The van der Waals surface area contributed by atoms with Crippen molar-refractivity contribution >= 4 is 5.91 Å². The Bertz CT molecular complexity index is 902. The number of carbonyl (C=O) groups excluding carboxylic acids is 1. The summed E-state index contributed by atoms with van der Waals surface area (Å²) in [6.07, 6.45) is -0.141. The topological polar surface area (TPSA) is 59.4 Å². The van der Waals surface area contributed by atoms with Crippen LogP contribution in [0.2, 0.25) is 0 Å². The summed E-state index contributed by atoms with van der Waals surface area (Å²) in [5.41, 5.74) is 3.57. The Hall–Kier alpha value is -2.55. The van der Waals surface area contributed by atoms with E-state index in [0.29, 0.717) is 18.7 Å². The van der Waals surface area contributed by atoms with Gasteiger partial charge in [0.15, 0.2) is 5.69 Å². The van der Waals surface area contributed by atoms with Gasteiger partial charge in [0.2, 0.25) is 0 Å². The fourth-order valence-electron chi connectivity index (χ4n) is 4.28. The van der Waals surface area contributed by atoms with Crippen molar-refractivity contribution in [2.24, 2.45) is 7.05 Å². The molecule has 1 unspecified atom stereocenters. The monoisotopic (exact) mass is 422 g/mol. The highest BCUT2D eigenvalue weighted by molar-refractivity contribution is 5.94. The number of rotatable bonds is 5. The molecule has 2 aliphatic rings. The lowest BCUT2D eigenvalue weighted by molar-refractivity contribution is -0.274. The van der Waals surface area contributed by atoms with Crippen LogP contribution in [0.15, 0.2) is 24.3 Å². The predicted molar refractivity (Wildman–Crippen MR) is 104 cm³/mol. The summed E-state index contributed by atoms with van der Waals surface area (Å²) >= 11 is 0. The second-order valence-electron chi connectivity index (χ2n) is 7.91. The molecule has 0 spiro atoms. The smallest absolute Gasteiger partial charge is 0.406 e. The van der Waals surface area contributed by atoms with Crippen LogP contribution in [-0.4, -0.2) is 46.1 Å². The minimum atomic E-state index is -4.69. The van der Waals surface area contributed by atoms with E-state index >= 15 is 0 Å². The van der Waals surface area contributed by atoms with Crippen LogP contribution in [-0.2, 0) is 26.4 Å². The first-order valence-electron chi connectivity index (χ1n) is 10.2. The van der Waals surface area contributed by atoms with E-state index in [4.69, 9.17) is 0 Å². The van der Waals surface area contributed by atoms with Crippen LogP contribution < -0.4 is 10.1 Å². The quantitative estimate of drug-likeness (QED) is 0.804. The second kappa shape index (κ2) is 8.29. The normalized spacial score (nSPS) is 19.1. The molecule has 162 valence electrons. The SMILES string of the molecule is Cn1nc(C(=O)N2CCCC2)c2c1CCC(NCc1ccc(OC(F)(F)F)cc1)C2. The van der Waals surface area contributed by atoms with E-state index in [1.807, 2.05) is 16.6 Å². The van der Waals surface area contributed by atoms with Crippen molar-refractivity contribution < 1.29 is 22.7 Å². The Morgan fingerprint density at radius 1 is 1.23 bits per heavy atom. The van der Waals surface area contributed by atoms with Gasteiger partial charge in [-0.1, -0.05) is 12.1 Å². The van der Waals surface area contributed by atoms with Crippen LogP contribution >= 0.6 is 0 Å². The number of nitrogens with zero attached hydrogens (tertiary/aromatic N) is 3. The highest BCUT2D eigenvalue weighted by atomic mass is 19.4. The van der Waals surface area contributed by atoms with Crippen molar-refractivity contribution in [2.75, 3.05) is 13.1 Å². The summed E-state index contributed by atoms with van der Waals surface area (Å²) in [5.74, 6) is -0.209. The molecule has 0 saturated carbocycles. The highest BCUT2D eigenvalue weighted by Crippen LogP contribution is 2.27. The van der Waals surface area contributed by atoms with E-state index in [1.165, 1.54) is 12.1 Å². The summed E-state index contributed by atoms with van der Waals surface area (Å²) in [6, 6.07) is 6.05. The largest absolute Gasteiger partial charge is 0.573 e. The summed E-state index contributed by atoms with van der Waals surface area (Å²) in [7, 11) is 1.89. The van der Waals surface area contributed by atoms with Crippen LogP contribution in [0, 0.1) is 0 Å². The molecule has 4 rings (SSSR count). The Labute approximate surface area is 173 Å². The fourth-order valence-corrected chi connectivity index (χ4v) is 4.28. The molecule has 2 heterocycles. The molecule has 1 amide bonds. The van der Waals surface area contributed by atoms with Gasteiger partial charge in [0.1, 0.15) is 5.75 Å². The molecule has 1 fully saturated rings. The molecule has 6 nitrogen and oxygen atoms in total. The highest BCUT2D eigenvalue weighted by Gasteiger charge is 2.32. The third-order valence-electron chi connectivity index (χ3n) is 5.80. The zero-order chi connectivity index (χ0) is 21.3. The molecular formula is C21H25F3N4O2. The Morgan fingerprint density at radius 2 is 1.93 bits per heavy atom. The predicted octanol–water partition coefficient (Wildman–Crippen LogP) is 3.20. The molecule has 2 aromatic rings. The van der Waals surface area contributed by atoms with Crippen molar-refractivity contribution in [3.63, 3.8) is 0 Å². The lowest BCUT2D eigenvalue weighted by atomic mass is 9.91. The number of nitrogens with one attached hydrogen (secondary N) is 1. The average Bonchev–Trinajstić information content (AvgIpc) is 3.34. The number of carbonyl (C=O) groups is 1. The molecule has 0 radical (unpaired) electrons. The Kier molecular flexibility index (Phi) is 5.73. The molecule has 30 heavy (non-hydrogen) atoms. The van der Waals surface area contributed by atoms with E-state index in [1.54, 1.807) is 12.1 Å². The lowest BCUT2D eigenvalue weighted by Crippen LogP contribution is -2.35. The summed E-state index contributed by atoms with van der Waals surface area (Å²) in [4.78, 5) is 14.8. The molecule has 9 heteroatoms. The molecule has 1 aliphatic heterocycles. The number of hydrogen-bond donors (Lipinski definition) is 1. The molecule has 1 N–H and O–H groups in total. The number of fused-ring (bicyclic) bond motifs is 1. The van der Waals surface area contributed by atoms with Gasteiger partial charge in [0.05, 0.1) is 0 Å². The maximum atomic E-state index is 12.9. The van der Waals surface area contributed by atoms with Gasteiger partial charge < -0.3 is 15.0 Å². The van der Waals surface area contributed by atoms with Gasteiger partial charge in [0.25, 0.3) is 5.91 Å². The molecule has 1 aliphatic carbocycles. The fraction of sp³-hybridized carbons (Fsp3) is 0.524. The average molecular weight is 422 g/mol. The molecule has 1 atom stereocenters. The first-order chi connectivity index (χ1) is 14.3. The van der Waals surface area contributed by atoms with Crippen LogP contribution in [0.3, 0.4) is 0 Å². The molecule has 1 aromatic heterocycles. The van der Waals surface area contributed by atoms with Crippen LogP contribution in [0.25, 0.3) is 0 Å². The third-order valence-corrected chi connectivity index (χ3v) is 5.80. The number of ether oxygens (including phenoxy) is 1. The minimum absolute atomic E-state index is 0.0188.